The molecule has 0 aromatic carbocycles. The van der Waals surface area contributed by atoms with E-state index in [1.807, 2.05) is 0 Å². The Morgan fingerprint density at radius 2 is 1.21 bits per heavy atom. The van der Waals surface area contributed by atoms with Crippen molar-refractivity contribution in [1.29, 1.82) is 0 Å². The fourth-order valence-corrected chi connectivity index (χ4v) is 15.6. The Kier molecular flexibility index (Phi) is 4.51. The van der Waals surface area contributed by atoms with Crippen LogP contribution in [-0.2, 0) is 0 Å². The smallest absolute Gasteiger partial charge is 0.256 e. The van der Waals surface area contributed by atoms with Gasteiger partial charge in [-0.15, -0.1) is 0 Å². The van der Waals surface area contributed by atoms with Crippen molar-refractivity contribution in [2.45, 2.75) is 0 Å². The van der Waals surface area contributed by atoms with E-state index >= 15 is 0 Å². The summed E-state index contributed by atoms with van der Waals surface area (Å²) < 4.78 is 12.1. The van der Waals surface area contributed by atoms with Crippen molar-refractivity contribution in [2.75, 3.05) is 14.1 Å². The van der Waals surface area contributed by atoms with Crippen LogP contribution < -0.4 is 10.2 Å². The Morgan fingerprint density at radius 1 is 0.786 bits per heavy atom. The van der Waals surface area contributed by atoms with Gasteiger partial charge in [0.05, 0.1) is 0 Å². The summed E-state index contributed by atoms with van der Waals surface area (Å²) in [7, 11) is 3.26. The lowest BCUT2D eigenvalue weighted by Crippen LogP contribution is -2.01. The van der Waals surface area contributed by atoms with Gasteiger partial charge in [-0.2, -0.15) is 13.5 Å². The molecule has 1 aliphatic rings. The number of nitrogens with one attached hydrogen (secondary N) is 2. The van der Waals surface area contributed by atoms with Crippen molar-refractivity contribution in [3.63, 3.8) is 0 Å². The zero-order valence-corrected chi connectivity index (χ0v) is 12.9. The van der Waals surface area contributed by atoms with Gasteiger partial charge in [0.2, 0.25) is 13.4 Å². The third-order valence-corrected chi connectivity index (χ3v) is 13.8. The van der Waals surface area contributed by atoms with E-state index < -0.39 is 19.3 Å². The summed E-state index contributed by atoms with van der Waals surface area (Å²) in [4.78, 5) is 0. The summed E-state index contributed by atoms with van der Waals surface area (Å²) in [6.07, 6.45) is 0. The number of hydrogen-bond acceptors (Lipinski definition) is 5. The highest BCUT2D eigenvalue weighted by atomic mass is 35.9. The molecule has 1 aliphatic heterocycles. The number of hydrogen-bond donors (Lipinski definition) is 2. The first kappa shape index (κ1) is 13.8. The van der Waals surface area contributed by atoms with E-state index in [0.29, 0.717) is 0 Å². The fourth-order valence-electron chi connectivity index (χ4n) is 0.675. The maximum absolute atomic E-state index is 6.08. The zero-order valence-electron chi connectivity index (χ0n) is 7.20. The normalized spacial score (nSPS) is 40.7. The standard InChI is InChI=1S/C2H8Cl4N5P3/c1-7-13(5)9-12(3,4)10-14(6,8-2)11-13/h7-8H,1-2H3/t13-,14+. The van der Waals surface area contributed by atoms with Crippen molar-refractivity contribution in [1.82, 2.24) is 10.2 Å². The average molecular weight is 337 g/mol. The van der Waals surface area contributed by atoms with Gasteiger partial charge in [-0.3, -0.25) is 10.2 Å². The monoisotopic (exact) mass is 335 g/mol. The molecule has 0 saturated carbocycles. The van der Waals surface area contributed by atoms with Crippen LogP contribution in [0.25, 0.3) is 0 Å². The van der Waals surface area contributed by atoms with Crippen molar-refractivity contribution in [2.24, 2.45) is 13.5 Å². The van der Waals surface area contributed by atoms with Crippen LogP contribution in [0.1, 0.15) is 0 Å². The van der Waals surface area contributed by atoms with Crippen molar-refractivity contribution < 1.29 is 0 Å². The van der Waals surface area contributed by atoms with E-state index in [9.17, 15) is 0 Å². The minimum Gasteiger partial charge on any atom is -0.256 e. The average Bonchev–Trinajstić information content (AvgIpc) is 2.00. The molecule has 0 saturated heterocycles. The highest BCUT2D eigenvalue weighted by molar-refractivity contribution is 8.17. The zero-order chi connectivity index (χ0) is 11.0. The van der Waals surface area contributed by atoms with E-state index in [-0.39, 0.29) is 0 Å². The van der Waals surface area contributed by atoms with Gasteiger partial charge in [0, 0.05) is 0 Å². The Morgan fingerprint density at radius 3 is 1.64 bits per heavy atom. The molecule has 0 aromatic rings. The van der Waals surface area contributed by atoms with Gasteiger partial charge in [0.25, 0.3) is 5.91 Å². The lowest BCUT2D eigenvalue weighted by molar-refractivity contribution is 1.23. The van der Waals surface area contributed by atoms with Gasteiger partial charge in [0.1, 0.15) is 0 Å². The highest BCUT2D eigenvalue weighted by Gasteiger charge is 2.31. The molecule has 5 nitrogen and oxygen atoms in total. The Hall–Kier alpha value is 1.77. The SMILES string of the molecule is CN[P@]1(Cl)=N[P@](Cl)(NC)=NP(Cl)(Cl)=N1. The topological polar surface area (TPSA) is 61.1 Å². The maximum Gasteiger partial charge on any atom is 0.257 e. The first-order chi connectivity index (χ1) is 6.24. The van der Waals surface area contributed by atoms with Gasteiger partial charge < -0.3 is 0 Å². The molecular formula is C2H8Cl4N5P3. The summed E-state index contributed by atoms with van der Waals surface area (Å²) in [6.45, 7) is -5.17. The quantitative estimate of drug-likeness (QED) is 0.678. The molecule has 0 spiro atoms. The molecule has 0 radical (unpaired) electrons. The highest BCUT2D eigenvalue weighted by Crippen LogP contribution is 2.82. The number of halogens is 4. The van der Waals surface area contributed by atoms with Gasteiger partial charge in [-0.25, -0.2) is 0 Å². The second kappa shape index (κ2) is 4.56. The molecule has 2 N–H and O–H groups in total. The molecule has 2 atom stereocenters. The van der Waals surface area contributed by atoms with Gasteiger partial charge in [-0.05, 0) is 59.1 Å². The third-order valence-electron chi connectivity index (χ3n) is 1.26. The molecule has 1 rings (SSSR count). The first-order valence-electron chi connectivity index (χ1n) is 3.32. The van der Waals surface area contributed by atoms with Gasteiger partial charge in [-0.1, -0.05) is 0 Å². The Bertz CT molecular complexity index is 386. The minimum absolute atomic E-state index is 1.63. The second-order valence-corrected chi connectivity index (χ2v) is 14.5. The maximum atomic E-state index is 6.08. The molecule has 0 fully saturated rings. The van der Waals surface area contributed by atoms with Crippen LogP contribution in [0.15, 0.2) is 13.5 Å². The van der Waals surface area contributed by atoms with Crippen LogP contribution in [-0.4, -0.2) is 14.1 Å². The van der Waals surface area contributed by atoms with E-state index in [2.05, 4.69) is 23.7 Å². The molecule has 0 aromatic heterocycles. The van der Waals surface area contributed by atoms with E-state index in [1.165, 1.54) is 0 Å². The lowest BCUT2D eigenvalue weighted by atomic mass is 11.6. The molecule has 14 heavy (non-hydrogen) atoms. The van der Waals surface area contributed by atoms with Crippen LogP contribution in [0.2, 0.25) is 0 Å². The predicted molar refractivity (Wildman–Crippen MR) is 69.6 cm³/mol. The largest absolute Gasteiger partial charge is 0.257 e. The second-order valence-electron chi connectivity index (χ2n) is 2.22. The van der Waals surface area contributed by atoms with Crippen molar-refractivity contribution in [3.05, 3.63) is 0 Å². The Labute approximate surface area is 102 Å². The number of rotatable bonds is 2. The van der Waals surface area contributed by atoms with E-state index in [4.69, 9.17) is 45.0 Å². The van der Waals surface area contributed by atoms with Crippen molar-refractivity contribution in [3.8, 4) is 0 Å². The summed E-state index contributed by atoms with van der Waals surface area (Å²) >= 11 is 23.9. The summed E-state index contributed by atoms with van der Waals surface area (Å²) in [5, 5.41) is 5.54. The molecule has 1 heterocycles. The molecular weight excluding hydrogens is 329 g/mol. The summed E-state index contributed by atoms with van der Waals surface area (Å²) in [5.41, 5.74) is 0. The first-order valence-corrected chi connectivity index (χ1v) is 12.0. The lowest BCUT2D eigenvalue weighted by Gasteiger charge is -2.23. The molecule has 0 unspecified atom stereocenters. The molecule has 12 heteroatoms. The number of nitrogens with zero attached hydrogens (tertiary/aromatic N) is 3. The Balaban J connectivity index is 3.44. The summed E-state index contributed by atoms with van der Waals surface area (Å²) in [6, 6.07) is 0. The van der Waals surface area contributed by atoms with Gasteiger partial charge >= 0.3 is 0 Å². The van der Waals surface area contributed by atoms with Crippen LogP contribution in [0, 0.1) is 0 Å². The van der Waals surface area contributed by atoms with Crippen LogP contribution in [0.5, 0.6) is 0 Å². The van der Waals surface area contributed by atoms with Crippen LogP contribution >= 0.6 is 64.3 Å². The van der Waals surface area contributed by atoms with Crippen LogP contribution in [0.3, 0.4) is 0 Å². The van der Waals surface area contributed by atoms with Crippen LogP contribution in [0.4, 0.5) is 0 Å². The van der Waals surface area contributed by atoms with Crippen molar-refractivity contribution >= 4 is 64.3 Å². The van der Waals surface area contributed by atoms with Gasteiger partial charge in [0.15, 0.2) is 0 Å². The molecule has 0 bridgehead atoms. The molecule has 0 amide bonds. The third kappa shape index (κ3) is 3.38. The predicted octanol–water partition coefficient (Wildman–Crippen LogP) is 5.23. The van der Waals surface area contributed by atoms with E-state index in [1.54, 1.807) is 14.1 Å². The molecule has 84 valence electrons. The van der Waals surface area contributed by atoms with E-state index in [0.717, 1.165) is 0 Å². The fraction of sp³-hybridized carbons (Fsp3) is 1.00. The summed E-state index contributed by atoms with van der Waals surface area (Å²) in [5.74, 6) is -2.80. The molecule has 0 aliphatic carbocycles. The minimum atomic E-state index is -2.80.